The number of benzene rings is 4. The Morgan fingerprint density at radius 3 is 1.20 bits per heavy atom. The molecule has 82 heavy (non-hydrogen) atoms. The Kier molecular flexibility index (Phi) is 17.4. The minimum atomic E-state index is -4.97. The van der Waals surface area contributed by atoms with Crippen LogP contribution in [0, 0.1) is 23.7 Å². The normalized spacial score (nSPS) is 23.2. The van der Waals surface area contributed by atoms with E-state index in [0.29, 0.717) is 70.5 Å². The summed E-state index contributed by atoms with van der Waals surface area (Å²) >= 11 is 11.0. The highest BCUT2D eigenvalue weighted by Gasteiger charge is 2.46. The minimum Gasteiger partial charge on any atom is -0.497 e. The number of hydrogen-bond acceptors (Lipinski definition) is 8. The number of nitrogens with one attached hydrogen (secondary N) is 4. The number of anilines is 2. The SMILES string of the molecule is C=CC1CN2CCC1CC2[C@@H](NC(=S)Nc1cc(C(F)(F)F)cc(C(F)(F)F)c1)c1ccnc2ccc(OC)cc12.C=CC1CN2CCC1CC2[C@H](NC(=S)Nc1cc(C(F)(F)F)cc(C(F)(F)F)c1)c1ccnc2ccc(OC)cc12. The number of pyridine rings is 2. The minimum absolute atomic E-state index is 0.0475. The molecule has 8 heterocycles. The molecule has 0 saturated carbocycles. The van der Waals surface area contributed by atoms with Crippen molar-refractivity contribution in [1.82, 2.24) is 30.4 Å². The fourth-order valence-corrected chi connectivity index (χ4v) is 12.5. The van der Waals surface area contributed by atoms with E-state index in [4.69, 9.17) is 33.9 Å². The molecule has 6 aliphatic rings. The molecule has 6 aliphatic heterocycles. The van der Waals surface area contributed by atoms with Crippen LogP contribution in [-0.2, 0) is 24.7 Å². The number of ether oxygens (including phenoxy) is 2. The zero-order valence-corrected chi connectivity index (χ0v) is 45.7. The number of thiocarbonyl (C=S) groups is 2. The van der Waals surface area contributed by atoms with Crippen LogP contribution >= 0.6 is 24.4 Å². The van der Waals surface area contributed by atoms with Crippen molar-refractivity contribution in [3.05, 3.63) is 156 Å². The lowest BCUT2D eigenvalue weighted by atomic mass is 9.73. The van der Waals surface area contributed by atoms with Gasteiger partial charge >= 0.3 is 24.7 Å². The van der Waals surface area contributed by atoms with Gasteiger partial charge in [0, 0.05) is 59.7 Å². The Balaban J connectivity index is 0.000000198. The fraction of sp³-hybridized carbons (Fsp3) is 0.379. The Morgan fingerprint density at radius 1 is 0.549 bits per heavy atom. The molecule has 6 aromatic rings. The molecule has 6 saturated heterocycles. The maximum atomic E-state index is 13.4. The van der Waals surface area contributed by atoms with Gasteiger partial charge in [-0.3, -0.25) is 19.8 Å². The average molecular weight is 1190 g/mol. The Labute approximate surface area is 475 Å². The van der Waals surface area contributed by atoms with Gasteiger partial charge in [-0.1, -0.05) is 12.2 Å². The smallest absolute Gasteiger partial charge is 0.416 e. The lowest BCUT2D eigenvalue weighted by Gasteiger charge is -2.52. The number of fused-ring (bicyclic) bond motifs is 8. The summed E-state index contributed by atoms with van der Waals surface area (Å²) in [6.07, 6.45) is -8.96. The van der Waals surface area contributed by atoms with Crippen molar-refractivity contribution in [1.29, 1.82) is 0 Å². The van der Waals surface area contributed by atoms with E-state index in [1.54, 1.807) is 38.7 Å². The highest BCUT2D eigenvalue weighted by Crippen LogP contribution is 2.46. The Bertz CT molecular complexity index is 3070. The molecule has 6 fully saturated rings. The van der Waals surface area contributed by atoms with Gasteiger partial charge in [-0.05, 0) is 183 Å². The van der Waals surface area contributed by atoms with Gasteiger partial charge in [0.15, 0.2) is 10.2 Å². The largest absolute Gasteiger partial charge is 0.497 e. The molecule has 2 aromatic heterocycles. The molecule has 24 heteroatoms. The van der Waals surface area contributed by atoms with E-state index < -0.39 is 70.4 Å². The third-order valence-electron chi connectivity index (χ3n) is 16.0. The Morgan fingerprint density at radius 2 is 0.902 bits per heavy atom. The van der Waals surface area contributed by atoms with E-state index >= 15 is 0 Å². The van der Waals surface area contributed by atoms with Crippen LogP contribution in [0.4, 0.5) is 64.1 Å². The van der Waals surface area contributed by atoms with E-state index in [1.807, 2.05) is 48.6 Å². The van der Waals surface area contributed by atoms with Gasteiger partial charge in [0.05, 0.1) is 59.6 Å². The molecule has 0 aliphatic carbocycles. The first-order chi connectivity index (χ1) is 38.7. The van der Waals surface area contributed by atoms with Crippen LogP contribution in [0.3, 0.4) is 0 Å². The number of nitrogens with zero attached hydrogens (tertiary/aromatic N) is 4. The van der Waals surface area contributed by atoms with Gasteiger partial charge in [-0.2, -0.15) is 52.7 Å². The van der Waals surface area contributed by atoms with Crippen LogP contribution in [0.5, 0.6) is 11.5 Å². The number of aromatic nitrogens is 2. The van der Waals surface area contributed by atoms with Crippen LogP contribution in [-0.4, -0.2) is 82.5 Å². The van der Waals surface area contributed by atoms with Crippen LogP contribution in [0.1, 0.15) is 71.1 Å². The molecule has 0 radical (unpaired) electrons. The van der Waals surface area contributed by atoms with Crippen molar-refractivity contribution in [3.8, 4) is 11.5 Å². The highest BCUT2D eigenvalue weighted by atomic mass is 32.1. The summed E-state index contributed by atoms with van der Waals surface area (Å²) in [6.45, 7) is 11.3. The van der Waals surface area contributed by atoms with Gasteiger partial charge < -0.3 is 30.7 Å². The second-order valence-corrected chi connectivity index (χ2v) is 21.6. The third-order valence-corrected chi connectivity index (χ3v) is 16.4. The van der Waals surface area contributed by atoms with E-state index in [0.717, 1.165) is 73.8 Å². The summed E-state index contributed by atoms with van der Waals surface area (Å²) in [5, 5.41) is 13.0. The zero-order valence-electron chi connectivity index (χ0n) is 44.0. The van der Waals surface area contributed by atoms with Gasteiger partial charge in [0.2, 0.25) is 0 Å². The first-order valence-electron chi connectivity index (χ1n) is 26.1. The molecule has 4 aromatic carbocycles. The summed E-state index contributed by atoms with van der Waals surface area (Å²) < 4.78 is 172. The van der Waals surface area contributed by atoms with E-state index in [2.05, 4.69) is 54.2 Å². The van der Waals surface area contributed by atoms with E-state index in [-0.39, 0.29) is 34.4 Å². The molecule has 12 rings (SSSR count). The summed E-state index contributed by atoms with van der Waals surface area (Å²) in [6, 6.07) is 16.3. The number of halogens is 12. The van der Waals surface area contributed by atoms with Crippen molar-refractivity contribution in [2.45, 2.75) is 74.6 Å². The van der Waals surface area contributed by atoms with Gasteiger partial charge in [0.1, 0.15) is 11.5 Å². The molecule has 436 valence electrons. The third kappa shape index (κ3) is 13.3. The van der Waals surface area contributed by atoms with Crippen molar-refractivity contribution in [3.63, 3.8) is 0 Å². The lowest BCUT2D eigenvalue weighted by molar-refractivity contribution is -0.144. The summed E-state index contributed by atoms with van der Waals surface area (Å²) in [5.41, 5.74) is -3.43. The number of rotatable bonds is 12. The summed E-state index contributed by atoms with van der Waals surface area (Å²) in [5.74, 6) is 2.71. The lowest BCUT2D eigenvalue weighted by Crippen LogP contribution is -2.57. The molecule has 4 N–H and O–H groups in total. The quantitative estimate of drug-likeness (QED) is 0.0534. The molecule has 10 atom stereocenters. The maximum Gasteiger partial charge on any atom is 0.416 e. The van der Waals surface area contributed by atoms with Crippen LogP contribution < -0.4 is 30.7 Å². The average Bonchev–Trinajstić information content (AvgIpc) is 3.65. The number of hydrogen-bond donors (Lipinski definition) is 4. The predicted molar refractivity (Wildman–Crippen MR) is 297 cm³/mol. The summed E-state index contributed by atoms with van der Waals surface area (Å²) in [4.78, 5) is 13.6. The van der Waals surface area contributed by atoms with Crippen LogP contribution in [0.2, 0.25) is 0 Å². The van der Waals surface area contributed by atoms with Crippen molar-refractivity contribution < 1.29 is 62.2 Å². The van der Waals surface area contributed by atoms with E-state index in [1.165, 1.54) is 0 Å². The molecule has 10 nitrogen and oxygen atoms in total. The number of alkyl halides is 12. The van der Waals surface area contributed by atoms with E-state index in [9.17, 15) is 52.7 Å². The number of piperidine rings is 6. The first kappa shape index (κ1) is 59.8. The summed E-state index contributed by atoms with van der Waals surface area (Å²) in [7, 11) is 3.11. The van der Waals surface area contributed by atoms with Gasteiger partial charge in [-0.15, -0.1) is 13.2 Å². The molecule has 4 bridgehead atoms. The maximum absolute atomic E-state index is 13.4. The van der Waals surface area contributed by atoms with Crippen LogP contribution in [0.25, 0.3) is 21.8 Å². The van der Waals surface area contributed by atoms with Crippen molar-refractivity contribution in [2.75, 3.05) is 51.0 Å². The Hall–Kier alpha value is -6.76. The molecular weight excluding hydrogens is 1130 g/mol. The molecular formula is C58H56F12N8O2S2. The van der Waals surface area contributed by atoms with Crippen molar-refractivity contribution in [2.24, 2.45) is 23.7 Å². The fourth-order valence-electron chi connectivity index (χ4n) is 12.0. The topological polar surface area (TPSA) is 98.8 Å². The first-order valence-corrected chi connectivity index (χ1v) is 26.9. The molecule has 0 amide bonds. The highest BCUT2D eigenvalue weighted by molar-refractivity contribution is 7.80. The molecule has 8 unspecified atom stereocenters. The molecule has 0 spiro atoms. The monoisotopic (exact) mass is 1190 g/mol. The van der Waals surface area contributed by atoms with Crippen LogP contribution in [0.15, 0.2) is 123 Å². The van der Waals surface area contributed by atoms with Gasteiger partial charge in [-0.25, -0.2) is 0 Å². The second-order valence-electron chi connectivity index (χ2n) is 20.8. The predicted octanol–water partition coefficient (Wildman–Crippen LogP) is 14.4. The number of methoxy groups -OCH3 is 2. The zero-order chi connectivity index (χ0) is 59.1. The van der Waals surface area contributed by atoms with Gasteiger partial charge in [0.25, 0.3) is 0 Å². The second kappa shape index (κ2) is 23.8. The van der Waals surface area contributed by atoms with Crippen molar-refractivity contribution >= 4 is 67.8 Å². The standard InChI is InChI=1S/2C29H28F6N4OS/c2*1-3-16-15-39-9-7-17(16)10-25(39)26(22-6-8-36-24-5-4-21(40-2)14-23(22)24)38-27(41)37-20-12-18(28(30,31)32)11-19(13-20)29(33,34)35/h2*3-6,8,11-14,16-17,25-26H,1,7,9-10,15H2,2H3,(H2,37,38,41)/t2*16?,17?,25?,26-/m10/s1.